The number of carbonyl (C=O) groups is 1. The van der Waals surface area contributed by atoms with E-state index in [1.807, 2.05) is 24.7 Å². The van der Waals surface area contributed by atoms with E-state index < -0.39 is 18.0 Å². The molecule has 164 valence electrons. The lowest BCUT2D eigenvalue weighted by Gasteiger charge is -2.22. The number of fused-ring (bicyclic) bond motifs is 1. The van der Waals surface area contributed by atoms with Crippen LogP contribution in [-0.4, -0.2) is 40.0 Å². The topological polar surface area (TPSA) is 78.3 Å². The van der Waals surface area contributed by atoms with Gasteiger partial charge in [-0.15, -0.1) is 0 Å². The van der Waals surface area contributed by atoms with E-state index in [2.05, 4.69) is 15.4 Å². The summed E-state index contributed by atoms with van der Waals surface area (Å²) >= 11 is 0. The number of hydrogen-bond donors (Lipinski definition) is 1. The first-order valence-corrected chi connectivity index (χ1v) is 10.2. The Morgan fingerprint density at radius 1 is 1.26 bits per heavy atom. The summed E-state index contributed by atoms with van der Waals surface area (Å²) in [6, 6.07) is 7.80. The van der Waals surface area contributed by atoms with Crippen molar-refractivity contribution < 1.29 is 23.0 Å². The molecule has 31 heavy (non-hydrogen) atoms. The number of carbonyl (C=O) groups excluding carboxylic acids is 1. The van der Waals surface area contributed by atoms with Crippen LogP contribution in [0.5, 0.6) is 5.75 Å². The molecule has 9 heteroatoms. The van der Waals surface area contributed by atoms with Gasteiger partial charge >= 0.3 is 0 Å². The van der Waals surface area contributed by atoms with Crippen LogP contribution in [-0.2, 0) is 4.74 Å². The maximum Gasteiger partial charge on any atom is 0.280 e. The zero-order valence-electron chi connectivity index (χ0n) is 17.3. The molecule has 1 fully saturated rings. The number of ether oxygens (including phenoxy) is 2. The molecule has 1 aromatic carbocycles. The maximum absolute atomic E-state index is 13.0. The van der Waals surface area contributed by atoms with E-state index in [0.717, 1.165) is 23.7 Å². The second-order valence-corrected chi connectivity index (χ2v) is 7.73. The van der Waals surface area contributed by atoms with Crippen molar-refractivity contribution in [3.63, 3.8) is 0 Å². The highest BCUT2D eigenvalue weighted by Crippen LogP contribution is 2.30. The number of aromatic nitrogens is 3. The van der Waals surface area contributed by atoms with Crippen LogP contribution in [0.2, 0.25) is 0 Å². The second kappa shape index (κ2) is 8.97. The van der Waals surface area contributed by atoms with Crippen LogP contribution in [0.15, 0.2) is 36.5 Å². The van der Waals surface area contributed by atoms with Crippen molar-refractivity contribution in [2.75, 3.05) is 18.5 Å². The molecule has 1 N–H and O–H groups in total. The van der Waals surface area contributed by atoms with Gasteiger partial charge in [0.05, 0.1) is 23.2 Å². The fourth-order valence-electron chi connectivity index (χ4n) is 3.56. The third kappa shape index (κ3) is 4.82. The fourth-order valence-corrected chi connectivity index (χ4v) is 3.56. The summed E-state index contributed by atoms with van der Waals surface area (Å²) in [5.74, 6) is -0.0613. The number of amides is 1. The summed E-state index contributed by atoms with van der Waals surface area (Å²) in [7, 11) is 0. The minimum Gasteiger partial charge on any atom is -0.490 e. The SMILES string of the molecule is CC(C)Oc1cc2nn(C3CCOCC3)cc2cc1C(=O)Nc1cccc(C(F)F)n1. The molecule has 0 saturated carbocycles. The molecular formula is C22H24F2N4O3. The van der Waals surface area contributed by atoms with Crippen LogP contribution in [0.3, 0.4) is 0 Å². The van der Waals surface area contributed by atoms with Crippen molar-refractivity contribution in [2.24, 2.45) is 0 Å². The predicted molar refractivity (Wildman–Crippen MR) is 112 cm³/mol. The first-order valence-electron chi connectivity index (χ1n) is 10.2. The lowest BCUT2D eigenvalue weighted by atomic mass is 10.1. The van der Waals surface area contributed by atoms with Gasteiger partial charge in [-0.25, -0.2) is 13.8 Å². The molecule has 4 rings (SSSR count). The lowest BCUT2D eigenvalue weighted by Crippen LogP contribution is -2.19. The Labute approximate surface area is 178 Å². The summed E-state index contributed by atoms with van der Waals surface area (Å²) < 4.78 is 39.1. The largest absolute Gasteiger partial charge is 0.490 e. The van der Waals surface area contributed by atoms with Gasteiger partial charge < -0.3 is 14.8 Å². The van der Waals surface area contributed by atoms with Gasteiger partial charge in [-0.05, 0) is 44.9 Å². The summed E-state index contributed by atoms with van der Waals surface area (Å²) in [5.41, 5.74) is 0.609. The van der Waals surface area contributed by atoms with Gasteiger partial charge in [-0.1, -0.05) is 6.07 Å². The van der Waals surface area contributed by atoms with Crippen molar-refractivity contribution >= 4 is 22.6 Å². The molecular weight excluding hydrogens is 406 g/mol. The first kappa shape index (κ1) is 21.2. The Hall–Kier alpha value is -3.07. The van der Waals surface area contributed by atoms with E-state index in [9.17, 15) is 13.6 Å². The van der Waals surface area contributed by atoms with Gasteiger partial charge in [-0.3, -0.25) is 9.48 Å². The second-order valence-electron chi connectivity index (χ2n) is 7.73. The predicted octanol–water partition coefficient (Wildman–Crippen LogP) is 4.76. The zero-order chi connectivity index (χ0) is 22.0. The Bertz CT molecular complexity index is 1080. The number of alkyl halides is 2. The highest BCUT2D eigenvalue weighted by atomic mass is 19.3. The maximum atomic E-state index is 13.0. The van der Waals surface area contributed by atoms with E-state index in [4.69, 9.17) is 9.47 Å². The molecule has 1 amide bonds. The van der Waals surface area contributed by atoms with Crippen LogP contribution in [0.4, 0.5) is 14.6 Å². The first-order chi connectivity index (χ1) is 14.9. The molecule has 0 atom stereocenters. The molecule has 3 heterocycles. The molecule has 7 nitrogen and oxygen atoms in total. The zero-order valence-corrected chi connectivity index (χ0v) is 17.3. The van der Waals surface area contributed by atoms with Crippen molar-refractivity contribution in [2.45, 2.75) is 45.3 Å². The van der Waals surface area contributed by atoms with Gasteiger partial charge in [0, 0.05) is 30.9 Å². The molecule has 0 bridgehead atoms. The molecule has 0 radical (unpaired) electrons. The summed E-state index contributed by atoms with van der Waals surface area (Å²) in [5, 5.41) is 8.06. The van der Waals surface area contributed by atoms with E-state index in [1.54, 1.807) is 12.1 Å². The third-order valence-electron chi connectivity index (χ3n) is 5.03. The molecule has 1 aliphatic heterocycles. The Kier molecular flexibility index (Phi) is 6.13. The Morgan fingerprint density at radius 3 is 2.74 bits per heavy atom. The fraction of sp³-hybridized carbons (Fsp3) is 0.409. The smallest absolute Gasteiger partial charge is 0.280 e. The molecule has 0 unspecified atom stereocenters. The average molecular weight is 430 g/mol. The lowest BCUT2D eigenvalue weighted by molar-refractivity contribution is 0.0664. The van der Waals surface area contributed by atoms with Crippen molar-refractivity contribution in [1.29, 1.82) is 0 Å². The van der Waals surface area contributed by atoms with E-state index in [0.29, 0.717) is 19.0 Å². The standard InChI is InChI=1S/C22H24F2N4O3/c1-13(2)31-19-11-18-14(12-28(27-18)15-6-8-30-9-7-15)10-16(19)22(29)26-20-5-3-4-17(25-20)21(23)24/h3-5,10-13,15,21H,6-9H2,1-2H3,(H,25,26,29). The van der Waals surface area contributed by atoms with Crippen LogP contribution in [0.25, 0.3) is 10.9 Å². The molecule has 1 saturated heterocycles. The van der Waals surface area contributed by atoms with Crippen molar-refractivity contribution in [3.8, 4) is 5.75 Å². The molecule has 2 aromatic heterocycles. The van der Waals surface area contributed by atoms with Gasteiger partial charge in [0.2, 0.25) is 0 Å². The minimum atomic E-state index is -2.72. The number of anilines is 1. The van der Waals surface area contributed by atoms with Crippen molar-refractivity contribution in [1.82, 2.24) is 14.8 Å². The minimum absolute atomic E-state index is 0.0521. The Morgan fingerprint density at radius 2 is 2.03 bits per heavy atom. The van der Waals surface area contributed by atoms with Crippen LogP contribution in [0, 0.1) is 0 Å². The summed E-state index contributed by atoms with van der Waals surface area (Å²) in [4.78, 5) is 16.8. The number of halogens is 2. The van der Waals surface area contributed by atoms with E-state index in [-0.39, 0.29) is 23.5 Å². The summed E-state index contributed by atoms with van der Waals surface area (Å²) in [6.07, 6.45) is 0.786. The molecule has 0 spiro atoms. The highest BCUT2D eigenvalue weighted by molar-refractivity contribution is 6.08. The van der Waals surface area contributed by atoms with Crippen LogP contribution < -0.4 is 10.1 Å². The number of nitrogens with zero attached hydrogens (tertiary/aromatic N) is 3. The monoisotopic (exact) mass is 430 g/mol. The van der Waals surface area contributed by atoms with Crippen LogP contribution in [0.1, 0.15) is 55.2 Å². The van der Waals surface area contributed by atoms with E-state index in [1.165, 1.54) is 18.2 Å². The van der Waals surface area contributed by atoms with Gasteiger partial charge in [-0.2, -0.15) is 5.10 Å². The number of benzene rings is 1. The summed E-state index contributed by atoms with van der Waals surface area (Å²) in [6.45, 7) is 5.11. The van der Waals surface area contributed by atoms with Crippen LogP contribution >= 0.6 is 0 Å². The molecule has 0 aliphatic carbocycles. The molecule has 3 aromatic rings. The number of rotatable bonds is 6. The highest BCUT2D eigenvalue weighted by Gasteiger charge is 2.21. The molecule has 1 aliphatic rings. The third-order valence-corrected chi connectivity index (χ3v) is 5.03. The normalized spacial score (nSPS) is 15.0. The Balaban J connectivity index is 1.67. The number of nitrogens with one attached hydrogen (secondary N) is 1. The van der Waals surface area contributed by atoms with Gasteiger partial charge in [0.1, 0.15) is 17.3 Å². The number of pyridine rings is 1. The average Bonchev–Trinajstić information content (AvgIpc) is 3.16. The van der Waals surface area contributed by atoms with E-state index >= 15 is 0 Å². The quantitative estimate of drug-likeness (QED) is 0.610. The van der Waals surface area contributed by atoms with Crippen molar-refractivity contribution in [3.05, 3.63) is 47.8 Å². The van der Waals surface area contributed by atoms with Gasteiger partial charge in [0.15, 0.2) is 0 Å². The number of hydrogen-bond acceptors (Lipinski definition) is 5. The van der Waals surface area contributed by atoms with Gasteiger partial charge in [0.25, 0.3) is 12.3 Å².